The molecule has 1 aromatic carbocycles. The van der Waals surface area contributed by atoms with Crippen molar-refractivity contribution in [2.24, 2.45) is 5.92 Å². The van der Waals surface area contributed by atoms with Crippen LogP contribution in [0.5, 0.6) is 0 Å². The maximum atomic E-state index is 3.53. The third-order valence-electron chi connectivity index (χ3n) is 4.29. The molecule has 1 N–H and O–H groups in total. The Morgan fingerprint density at radius 1 is 1.17 bits per heavy atom. The van der Waals surface area contributed by atoms with E-state index in [0.717, 1.165) is 19.0 Å². The molecule has 0 spiro atoms. The number of benzene rings is 1. The monoisotopic (exact) mass is 244 g/mol. The molecular formula is C16H24N2. The predicted molar refractivity (Wildman–Crippen MR) is 75.6 cm³/mol. The molecule has 2 nitrogen and oxygen atoms in total. The van der Waals surface area contributed by atoms with E-state index in [1.54, 1.807) is 0 Å². The van der Waals surface area contributed by atoms with E-state index in [2.05, 4.69) is 40.5 Å². The van der Waals surface area contributed by atoms with Crippen LogP contribution in [-0.2, 0) is 0 Å². The molecule has 0 amide bonds. The minimum atomic E-state index is 0.583. The first-order chi connectivity index (χ1) is 8.93. The average molecular weight is 244 g/mol. The van der Waals surface area contributed by atoms with Crippen molar-refractivity contribution in [2.45, 2.75) is 31.7 Å². The highest BCUT2D eigenvalue weighted by Crippen LogP contribution is 2.34. The number of nitrogens with one attached hydrogen (secondary N) is 1. The summed E-state index contributed by atoms with van der Waals surface area (Å²) >= 11 is 0. The van der Waals surface area contributed by atoms with Gasteiger partial charge in [0.05, 0.1) is 0 Å². The van der Waals surface area contributed by atoms with Crippen molar-refractivity contribution in [3.05, 3.63) is 35.9 Å². The fraction of sp³-hybridized carbons (Fsp3) is 0.625. The van der Waals surface area contributed by atoms with Crippen molar-refractivity contribution >= 4 is 0 Å². The van der Waals surface area contributed by atoms with E-state index >= 15 is 0 Å². The molecule has 1 saturated heterocycles. The smallest absolute Gasteiger partial charge is 0.0473 e. The molecule has 0 aromatic heterocycles. The fourth-order valence-corrected chi connectivity index (χ4v) is 3.01. The second-order valence-electron chi connectivity index (χ2n) is 5.75. The van der Waals surface area contributed by atoms with E-state index in [1.165, 1.54) is 44.3 Å². The van der Waals surface area contributed by atoms with Gasteiger partial charge in [-0.15, -0.1) is 0 Å². The van der Waals surface area contributed by atoms with Crippen LogP contribution in [0.4, 0.5) is 0 Å². The molecular weight excluding hydrogens is 220 g/mol. The molecule has 2 aliphatic rings. The second-order valence-corrected chi connectivity index (χ2v) is 5.75. The van der Waals surface area contributed by atoms with Gasteiger partial charge in [-0.3, -0.25) is 4.90 Å². The first kappa shape index (κ1) is 12.2. The summed E-state index contributed by atoms with van der Waals surface area (Å²) in [6.07, 6.45) is 5.81. The summed E-state index contributed by atoms with van der Waals surface area (Å²) < 4.78 is 0. The zero-order valence-electron chi connectivity index (χ0n) is 11.1. The van der Waals surface area contributed by atoms with Gasteiger partial charge in [0, 0.05) is 25.7 Å². The molecule has 3 rings (SSSR count). The molecule has 1 saturated carbocycles. The van der Waals surface area contributed by atoms with Crippen molar-refractivity contribution in [1.82, 2.24) is 10.2 Å². The maximum absolute atomic E-state index is 3.53. The van der Waals surface area contributed by atoms with Crippen molar-refractivity contribution in [3.8, 4) is 0 Å². The third kappa shape index (κ3) is 3.12. The summed E-state index contributed by atoms with van der Waals surface area (Å²) in [4.78, 5) is 2.67. The summed E-state index contributed by atoms with van der Waals surface area (Å²) in [6, 6.07) is 11.5. The number of piperazine rings is 1. The molecule has 2 fully saturated rings. The Hall–Kier alpha value is -0.860. The molecule has 1 aliphatic heterocycles. The third-order valence-corrected chi connectivity index (χ3v) is 4.29. The van der Waals surface area contributed by atoms with Gasteiger partial charge >= 0.3 is 0 Å². The van der Waals surface area contributed by atoms with Gasteiger partial charge in [-0.05, 0) is 30.9 Å². The molecule has 1 aliphatic carbocycles. The lowest BCUT2D eigenvalue weighted by Gasteiger charge is -2.36. The van der Waals surface area contributed by atoms with Crippen LogP contribution < -0.4 is 5.32 Å². The van der Waals surface area contributed by atoms with Crippen LogP contribution in [0.2, 0.25) is 0 Å². The van der Waals surface area contributed by atoms with Crippen molar-refractivity contribution < 1.29 is 0 Å². The normalized spacial score (nSPS) is 25.2. The van der Waals surface area contributed by atoms with Crippen LogP contribution in [0.15, 0.2) is 30.3 Å². The Balaban J connectivity index is 1.58. The Bertz CT molecular complexity index is 359. The molecule has 1 heterocycles. The van der Waals surface area contributed by atoms with E-state index in [0.29, 0.717) is 6.04 Å². The quantitative estimate of drug-likeness (QED) is 0.857. The predicted octanol–water partition coefficient (Wildman–Crippen LogP) is 2.82. The molecule has 0 radical (unpaired) electrons. The summed E-state index contributed by atoms with van der Waals surface area (Å²) in [5, 5.41) is 3.53. The van der Waals surface area contributed by atoms with E-state index in [1.807, 2.05) is 0 Å². The molecule has 2 heteroatoms. The van der Waals surface area contributed by atoms with Crippen LogP contribution in [0, 0.1) is 5.92 Å². The molecule has 1 atom stereocenters. The first-order valence-electron chi connectivity index (χ1n) is 7.43. The number of nitrogens with zero attached hydrogens (tertiary/aromatic N) is 1. The van der Waals surface area contributed by atoms with Gasteiger partial charge in [0.2, 0.25) is 0 Å². The van der Waals surface area contributed by atoms with Crippen LogP contribution in [0.1, 0.15) is 37.3 Å². The van der Waals surface area contributed by atoms with Crippen molar-refractivity contribution in [1.29, 1.82) is 0 Å². The highest BCUT2D eigenvalue weighted by Gasteiger charge is 2.25. The summed E-state index contributed by atoms with van der Waals surface area (Å²) in [5.74, 6) is 1.07. The van der Waals surface area contributed by atoms with Gasteiger partial charge in [0.25, 0.3) is 0 Å². The minimum Gasteiger partial charge on any atom is -0.314 e. The molecule has 1 aromatic rings. The van der Waals surface area contributed by atoms with Gasteiger partial charge in [-0.25, -0.2) is 0 Å². The van der Waals surface area contributed by atoms with Crippen LogP contribution in [-0.4, -0.2) is 31.1 Å². The van der Waals surface area contributed by atoms with Gasteiger partial charge < -0.3 is 5.32 Å². The van der Waals surface area contributed by atoms with E-state index < -0.39 is 0 Å². The lowest BCUT2D eigenvalue weighted by Crippen LogP contribution is -2.46. The van der Waals surface area contributed by atoms with Gasteiger partial charge in [-0.2, -0.15) is 0 Å². The maximum Gasteiger partial charge on any atom is 0.0473 e. The largest absolute Gasteiger partial charge is 0.314 e. The highest BCUT2D eigenvalue weighted by molar-refractivity contribution is 5.20. The molecule has 18 heavy (non-hydrogen) atoms. The second kappa shape index (κ2) is 5.85. The fourth-order valence-electron chi connectivity index (χ4n) is 3.01. The standard InChI is InChI=1S/C16H24N2/c1-2-6-15(7-3-1)16-13-17-10-12-18(16)11-4-5-14-8-9-14/h1-3,6-7,14,16-17H,4-5,8-13H2. The van der Waals surface area contributed by atoms with E-state index in [-0.39, 0.29) is 0 Å². The van der Waals surface area contributed by atoms with Crippen LogP contribution >= 0.6 is 0 Å². The number of hydrogen-bond acceptors (Lipinski definition) is 2. The van der Waals surface area contributed by atoms with E-state index in [9.17, 15) is 0 Å². The lowest BCUT2D eigenvalue weighted by molar-refractivity contribution is 0.158. The van der Waals surface area contributed by atoms with Crippen LogP contribution in [0.25, 0.3) is 0 Å². The van der Waals surface area contributed by atoms with Gasteiger partial charge in [0.1, 0.15) is 0 Å². The van der Waals surface area contributed by atoms with Gasteiger partial charge in [0.15, 0.2) is 0 Å². The Kier molecular flexibility index (Phi) is 3.96. The molecule has 1 unspecified atom stereocenters. The lowest BCUT2D eigenvalue weighted by atomic mass is 10.0. The Labute approximate surface area is 110 Å². The number of hydrogen-bond donors (Lipinski definition) is 1. The molecule has 0 bridgehead atoms. The summed E-state index contributed by atoms with van der Waals surface area (Å²) in [7, 11) is 0. The first-order valence-corrected chi connectivity index (χ1v) is 7.43. The Morgan fingerprint density at radius 3 is 2.78 bits per heavy atom. The topological polar surface area (TPSA) is 15.3 Å². The SMILES string of the molecule is c1ccc(C2CNCCN2CCCC2CC2)cc1. The van der Waals surface area contributed by atoms with E-state index in [4.69, 9.17) is 0 Å². The zero-order chi connectivity index (χ0) is 12.2. The zero-order valence-corrected chi connectivity index (χ0v) is 11.1. The number of rotatable bonds is 5. The van der Waals surface area contributed by atoms with Crippen molar-refractivity contribution in [2.75, 3.05) is 26.2 Å². The average Bonchev–Trinajstić information content (AvgIpc) is 3.25. The highest BCUT2D eigenvalue weighted by atomic mass is 15.2. The minimum absolute atomic E-state index is 0.583. The van der Waals surface area contributed by atoms with Gasteiger partial charge in [-0.1, -0.05) is 43.2 Å². The molecule has 98 valence electrons. The Morgan fingerprint density at radius 2 is 2.00 bits per heavy atom. The van der Waals surface area contributed by atoms with Crippen LogP contribution in [0.3, 0.4) is 0 Å². The summed E-state index contributed by atoms with van der Waals surface area (Å²) in [5.41, 5.74) is 1.47. The summed E-state index contributed by atoms with van der Waals surface area (Å²) in [6.45, 7) is 4.72. The van der Waals surface area contributed by atoms with Crippen molar-refractivity contribution in [3.63, 3.8) is 0 Å².